The molecule has 0 heterocycles. The van der Waals surface area contributed by atoms with E-state index in [1.54, 1.807) is 31.4 Å². The number of nitrogens with one attached hydrogen (secondary N) is 1. The van der Waals surface area contributed by atoms with Crippen molar-refractivity contribution >= 4 is 27.5 Å². The summed E-state index contributed by atoms with van der Waals surface area (Å²) < 4.78 is 5.78. The first-order valence-electron chi connectivity index (χ1n) is 6.20. The molecule has 0 spiro atoms. The van der Waals surface area contributed by atoms with Crippen LogP contribution < -0.4 is 15.8 Å². The van der Waals surface area contributed by atoms with E-state index in [0.717, 1.165) is 5.56 Å². The number of anilines is 1. The molecule has 0 saturated heterocycles. The Morgan fingerprint density at radius 1 is 1.33 bits per heavy atom. The van der Waals surface area contributed by atoms with Gasteiger partial charge in [-0.3, -0.25) is 4.79 Å². The predicted octanol–water partition coefficient (Wildman–Crippen LogP) is 2.68. The van der Waals surface area contributed by atoms with Gasteiger partial charge >= 0.3 is 0 Å². The number of methoxy groups -OCH3 is 1. The van der Waals surface area contributed by atoms with E-state index in [9.17, 15) is 9.90 Å². The van der Waals surface area contributed by atoms with Gasteiger partial charge in [0.05, 0.1) is 18.4 Å². The van der Waals surface area contributed by atoms with Gasteiger partial charge in [0.1, 0.15) is 11.5 Å². The second-order valence-electron chi connectivity index (χ2n) is 4.42. The standard InChI is InChI=1S/C15H15BrN2O3/c1-21-14-5-2-9(6-12(14)17)8-18-15(20)11-4-3-10(16)7-13(11)19/h2-7,19H,8,17H2,1H3,(H,18,20). The Morgan fingerprint density at radius 3 is 2.71 bits per heavy atom. The van der Waals surface area contributed by atoms with Crippen LogP contribution in [0.4, 0.5) is 5.69 Å². The highest BCUT2D eigenvalue weighted by Gasteiger charge is 2.11. The molecule has 0 unspecified atom stereocenters. The van der Waals surface area contributed by atoms with Gasteiger partial charge in [0.2, 0.25) is 0 Å². The van der Waals surface area contributed by atoms with Crippen LogP contribution in [0.15, 0.2) is 40.9 Å². The Kier molecular flexibility index (Phi) is 4.70. The third-order valence-electron chi connectivity index (χ3n) is 2.95. The lowest BCUT2D eigenvalue weighted by atomic mass is 10.1. The summed E-state index contributed by atoms with van der Waals surface area (Å²) in [7, 11) is 1.55. The number of hydrogen-bond donors (Lipinski definition) is 3. The summed E-state index contributed by atoms with van der Waals surface area (Å²) in [6.07, 6.45) is 0. The van der Waals surface area contributed by atoms with Gasteiger partial charge in [-0.25, -0.2) is 0 Å². The van der Waals surface area contributed by atoms with Crippen LogP contribution in [0.1, 0.15) is 15.9 Å². The van der Waals surface area contributed by atoms with Crippen molar-refractivity contribution in [3.63, 3.8) is 0 Å². The summed E-state index contributed by atoms with van der Waals surface area (Å²) in [4.78, 5) is 12.0. The lowest BCUT2D eigenvalue weighted by molar-refractivity contribution is 0.0948. The number of carbonyl (C=O) groups is 1. The van der Waals surface area contributed by atoms with Gasteiger partial charge in [0.15, 0.2) is 0 Å². The van der Waals surface area contributed by atoms with Crippen LogP contribution in [-0.4, -0.2) is 18.1 Å². The summed E-state index contributed by atoms with van der Waals surface area (Å²) in [6.45, 7) is 0.308. The van der Waals surface area contributed by atoms with Gasteiger partial charge in [-0.15, -0.1) is 0 Å². The van der Waals surface area contributed by atoms with Crippen molar-refractivity contribution in [3.05, 3.63) is 52.0 Å². The van der Waals surface area contributed by atoms with E-state index in [1.807, 2.05) is 6.07 Å². The molecule has 0 bridgehead atoms. The van der Waals surface area contributed by atoms with Crippen molar-refractivity contribution in [2.24, 2.45) is 0 Å². The maximum atomic E-state index is 12.0. The molecule has 21 heavy (non-hydrogen) atoms. The first-order valence-corrected chi connectivity index (χ1v) is 6.99. The number of hydrogen-bond acceptors (Lipinski definition) is 4. The minimum Gasteiger partial charge on any atom is -0.507 e. The molecule has 0 saturated carbocycles. The average molecular weight is 351 g/mol. The lowest BCUT2D eigenvalue weighted by Gasteiger charge is -2.09. The number of rotatable bonds is 4. The summed E-state index contributed by atoms with van der Waals surface area (Å²) >= 11 is 3.23. The summed E-state index contributed by atoms with van der Waals surface area (Å²) in [5, 5.41) is 12.5. The van der Waals surface area contributed by atoms with Crippen molar-refractivity contribution in [1.82, 2.24) is 5.32 Å². The first-order chi connectivity index (χ1) is 10.0. The third-order valence-corrected chi connectivity index (χ3v) is 3.44. The number of ether oxygens (including phenoxy) is 1. The normalized spacial score (nSPS) is 10.2. The molecular weight excluding hydrogens is 336 g/mol. The second-order valence-corrected chi connectivity index (χ2v) is 5.34. The number of nitrogen functional groups attached to an aromatic ring is 1. The molecular formula is C15H15BrN2O3. The van der Waals surface area contributed by atoms with E-state index in [2.05, 4.69) is 21.2 Å². The summed E-state index contributed by atoms with van der Waals surface area (Å²) in [5.41, 5.74) is 7.38. The quantitative estimate of drug-likeness (QED) is 0.740. The van der Waals surface area contributed by atoms with Crippen molar-refractivity contribution in [2.75, 3.05) is 12.8 Å². The molecule has 0 atom stereocenters. The average Bonchev–Trinajstić information content (AvgIpc) is 2.45. The van der Waals surface area contributed by atoms with E-state index in [4.69, 9.17) is 10.5 Å². The van der Waals surface area contributed by atoms with E-state index in [0.29, 0.717) is 22.5 Å². The van der Waals surface area contributed by atoms with Crippen LogP contribution >= 0.6 is 15.9 Å². The Balaban J connectivity index is 2.05. The fourth-order valence-corrected chi connectivity index (χ4v) is 2.22. The smallest absolute Gasteiger partial charge is 0.255 e. The lowest BCUT2D eigenvalue weighted by Crippen LogP contribution is -2.22. The number of nitrogens with two attached hydrogens (primary N) is 1. The number of phenolic OH excluding ortho intramolecular Hbond substituents is 1. The number of carbonyl (C=O) groups excluding carboxylic acids is 1. The second kappa shape index (κ2) is 6.49. The van der Waals surface area contributed by atoms with Crippen LogP contribution in [0.5, 0.6) is 11.5 Å². The highest BCUT2D eigenvalue weighted by Crippen LogP contribution is 2.23. The molecule has 6 heteroatoms. The molecule has 0 fully saturated rings. The van der Waals surface area contributed by atoms with Crippen LogP contribution in [0, 0.1) is 0 Å². The largest absolute Gasteiger partial charge is 0.507 e. The third kappa shape index (κ3) is 3.66. The van der Waals surface area contributed by atoms with Gasteiger partial charge in [0, 0.05) is 11.0 Å². The van der Waals surface area contributed by atoms with Crippen LogP contribution in [0.2, 0.25) is 0 Å². The van der Waals surface area contributed by atoms with Gasteiger partial charge in [-0.2, -0.15) is 0 Å². The zero-order valence-electron chi connectivity index (χ0n) is 11.4. The minimum absolute atomic E-state index is 0.0730. The Hall–Kier alpha value is -2.21. The number of benzene rings is 2. The molecule has 0 aliphatic heterocycles. The number of phenols is 1. The summed E-state index contributed by atoms with van der Waals surface area (Å²) in [5.74, 6) is 0.168. The fraction of sp³-hybridized carbons (Fsp3) is 0.133. The topological polar surface area (TPSA) is 84.6 Å². The molecule has 0 aliphatic carbocycles. The molecule has 4 N–H and O–H groups in total. The Bertz CT molecular complexity index is 674. The van der Waals surface area contributed by atoms with Crippen LogP contribution in [0.3, 0.4) is 0 Å². The fourth-order valence-electron chi connectivity index (χ4n) is 1.87. The molecule has 2 rings (SSSR count). The molecule has 5 nitrogen and oxygen atoms in total. The van der Waals surface area contributed by atoms with Crippen molar-refractivity contribution in [2.45, 2.75) is 6.54 Å². The Morgan fingerprint density at radius 2 is 2.10 bits per heavy atom. The number of amides is 1. The van der Waals surface area contributed by atoms with E-state index in [1.165, 1.54) is 6.07 Å². The highest BCUT2D eigenvalue weighted by atomic mass is 79.9. The predicted molar refractivity (Wildman–Crippen MR) is 84.4 cm³/mol. The maximum Gasteiger partial charge on any atom is 0.255 e. The van der Waals surface area contributed by atoms with Crippen molar-refractivity contribution in [3.8, 4) is 11.5 Å². The van der Waals surface area contributed by atoms with Crippen molar-refractivity contribution < 1.29 is 14.6 Å². The van der Waals surface area contributed by atoms with Crippen LogP contribution in [0.25, 0.3) is 0 Å². The molecule has 2 aromatic carbocycles. The number of aromatic hydroxyl groups is 1. The maximum absolute atomic E-state index is 12.0. The van der Waals surface area contributed by atoms with E-state index >= 15 is 0 Å². The molecule has 0 aromatic heterocycles. The van der Waals surface area contributed by atoms with Gasteiger partial charge < -0.3 is 20.9 Å². The van der Waals surface area contributed by atoms with Crippen LogP contribution in [-0.2, 0) is 6.54 Å². The monoisotopic (exact) mass is 350 g/mol. The Labute approximate surface area is 130 Å². The molecule has 2 aromatic rings. The van der Waals surface area contributed by atoms with Gasteiger partial charge in [-0.1, -0.05) is 22.0 Å². The number of halogens is 1. The first kappa shape index (κ1) is 15.2. The van der Waals surface area contributed by atoms with E-state index in [-0.39, 0.29) is 17.2 Å². The van der Waals surface area contributed by atoms with Gasteiger partial charge in [0.25, 0.3) is 5.91 Å². The van der Waals surface area contributed by atoms with Crippen molar-refractivity contribution in [1.29, 1.82) is 0 Å². The molecule has 0 radical (unpaired) electrons. The zero-order valence-corrected chi connectivity index (χ0v) is 13.0. The van der Waals surface area contributed by atoms with E-state index < -0.39 is 0 Å². The van der Waals surface area contributed by atoms with Gasteiger partial charge in [-0.05, 0) is 35.9 Å². The molecule has 1 amide bonds. The SMILES string of the molecule is COc1ccc(CNC(=O)c2ccc(Br)cc2O)cc1N. The highest BCUT2D eigenvalue weighted by molar-refractivity contribution is 9.10. The molecule has 0 aliphatic rings. The zero-order chi connectivity index (χ0) is 15.4. The summed E-state index contributed by atoms with van der Waals surface area (Å²) in [6, 6.07) is 10.0. The minimum atomic E-state index is -0.352. The molecule has 110 valence electrons.